The summed E-state index contributed by atoms with van der Waals surface area (Å²) in [4.78, 5) is 26.3. The number of nitrogens with one attached hydrogen (secondary N) is 1. The third-order valence-corrected chi connectivity index (χ3v) is 4.42. The topological polar surface area (TPSA) is 75.4 Å². The maximum Gasteiger partial charge on any atom is 0.261 e. The van der Waals surface area contributed by atoms with Crippen LogP contribution in [-0.4, -0.2) is 23.5 Å². The highest BCUT2D eigenvalue weighted by atomic mass is 16.5. The van der Waals surface area contributed by atoms with E-state index in [-0.39, 0.29) is 17.2 Å². The summed E-state index contributed by atoms with van der Waals surface area (Å²) in [6.45, 7) is 9.93. The van der Waals surface area contributed by atoms with Crippen molar-refractivity contribution >= 4 is 23.2 Å². The summed E-state index contributed by atoms with van der Waals surface area (Å²) in [5.74, 6) is 0.247. The zero-order valence-corrected chi connectivity index (χ0v) is 15.3. The number of nitrogens with zero attached hydrogens (tertiary/aromatic N) is 2. The fraction of sp³-hybridized carbons (Fsp3) is 0.421. The van der Waals surface area contributed by atoms with Gasteiger partial charge in [-0.2, -0.15) is 0 Å². The molecular formula is C19H23N3O3. The molecule has 2 amide bonds. The molecule has 132 valence electrons. The van der Waals surface area contributed by atoms with Crippen molar-refractivity contribution in [1.29, 1.82) is 0 Å². The number of hydrogen-bond acceptors (Lipinski definition) is 4. The molecule has 0 unspecified atom stereocenters. The molecule has 6 heteroatoms. The van der Waals surface area contributed by atoms with Crippen LogP contribution in [0.5, 0.6) is 0 Å². The SMILES string of the molecule is CC(=O)N1CCc2ccc(NC(=O)c3c(C(C)(C)C)noc3C)cc21. The van der Waals surface area contributed by atoms with Gasteiger partial charge in [0.1, 0.15) is 17.0 Å². The smallest absolute Gasteiger partial charge is 0.261 e. The van der Waals surface area contributed by atoms with Crippen molar-refractivity contribution in [2.24, 2.45) is 0 Å². The maximum atomic E-state index is 12.8. The summed E-state index contributed by atoms with van der Waals surface area (Å²) >= 11 is 0. The number of aromatic nitrogens is 1. The van der Waals surface area contributed by atoms with Gasteiger partial charge in [-0.1, -0.05) is 32.0 Å². The average Bonchev–Trinajstić information content (AvgIpc) is 3.09. The number of carbonyl (C=O) groups excluding carboxylic acids is 2. The van der Waals surface area contributed by atoms with Crippen LogP contribution in [0.2, 0.25) is 0 Å². The molecule has 0 spiro atoms. The van der Waals surface area contributed by atoms with E-state index < -0.39 is 0 Å². The van der Waals surface area contributed by atoms with E-state index in [0.29, 0.717) is 29.2 Å². The van der Waals surface area contributed by atoms with Gasteiger partial charge < -0.3 is 14.7 Å². The van der Waals surface area contributed by atoms with Gasteiger partial charge in [-0.3, -0.25) is 9.59 Å². The lowest BCUT2D eigenvalue weighted by Crippen LogP contribution is -2.26. The first kappa shape index (κ1) is 17.2. The standard InChI is InChI=1S/C19H23N3O3/c1-11-16(17(21-25-11)19(3,4)5)18(24)20-14-7-6-13-8-9-22(12(2)23)15(13)10-14/h6-7,10H,8-9H2,1-5H3,(H,20,24). The van der Waals surface area contributed by atoms with E-state index in [0.717, 1.165) is 17.7 Å². The van der Waals surface area contributed by atoms with Crippen molar-refractivity contribution < 1.29 is 14.1 Å². The highest BCUT2D eigenvalue weighted by Crippen LogP contribution is 2.32. The van der Waals surface area contributed by atoms with E-state index >= 15 is 0 Å². The van der Waals surface area contributed by atoms with Gasteiger partial charge in [-0.15, -0.1) is 0 Å². The van der Waals surface area contributed by atoms with Crippen LogP contribution in [0.15, 0.2) is 22.7 Å². The minimum absolute atomic E-state index is 0.00660. The Labute approximate surface area is 147 Å². The van der Waals surface area contributed by atoms with E-state index in [2.05, 4.69) is 10.5 Å². The minimum atomic E-state index is -0.298. The quantitative estimate of drug-likeness (QED) is 0.908. The highest BCUT2D eigenvalue weighted by Gasteiger charge is 2.29. The Balaban J connectivity index is 1.90. The monoisotopic (exact) mass is 341 g/mol. The van der Waals surface area contributed by atoms with E-state index in [4.69, 9.17) is 4.52 Å². The predicted octanol–water partition coefficient (Wildman–Crippen LogP) is 3.44. The summed E-state index contributed by atoms with van der Waals surface area (Å²) in [5, 5.41) is 6.96. The minimum Gasteiger partial charge on any atom is -0.361 e. The fourth-order valence-corrected chi connectivity index (χ4v) is 3.13. The van der Waals surface area contributed by atoms with Crippen molar-refractivity contribution in [1.82, 2.24) is 5.16 Å². The van der Waals surface area contributed by atoms with Gasteiger partial charge in [0.15, 0.2) is 0 Å². The molecule has 1 N–H and O–H groups in total. The van der Waals surface area contributed by atoms with E-state index in [1.165, 1.54) is 0 Å². The summed E-state index contributed by atoms with van der Waals surface area (Å²) < 4.78 is 5.24. The van der Waals surface area contributed by atoms with Crippen LogP contribution in [0.25, 0.3) is 0 Å². The Hall–Kier alpha value is -2.63. The number of hydrogen-bond donors (Lipinski definition) is 1. The molecule has 1 aliphatic heterocycles. The van der Waals surface area contributed by atoms with Crippen molar-refractivity contribution in [2.75, 3.05) is 16.8 Å². The average molecular weight is 341 g/mol. The van der Waals surface area contributed by atoms with Crippen molar-refractivity contribution in [2.45, 2.75) is 46.5 Å². The maximum absolute atomic E-state index is 12.8. The van der Waals surface area contributed by atoms with Gasteiger partial charge in [0.2, 0.25) is 5.91 Å². The second-order valence-corrected chi connectivity index (χ2v) is 7.43. The van der Waals surface area contributed by atoms with Crippen LogP contribution in [0, 0.1) is 6.92 Å². The van der Waals surface area contributed by atoms with Crippen LogP contribution in [0.3, 0.4) is 0 Å². The number of carbonyl (C=O) groups is 2. The van der Waals surface area contributed by atoms with Gasteiger partial charge in [0.25, 0.3) is 5.91 Å². The Morgan fingerprint density at radius 3 is 2.64 bits per heavy atom. The molecular weight excluding hydrogens is 318 g/mol. The number of fused-ring (bicyclic) bond motifs is 1. The molecule has 2 heterocycles. The Kier molecular flexibility index (Phi) is 4.14. The number of benzene rings is 1. The molecule has 0 aliphatic carbocycles. The number of anilines is 2. The van der Waals surface area contributed by atoms with E-state index in [1.54, 1.807) is 18.7 Å². The second-order valence-electron chi connectivity index (χ2n) is 7.43. The molecule has 0 saturated heterocycles. The Morgan fingerprint density at radius 2 is 2.00 bits per heavy atom. The largest absolute Gasteiger partial charge is 0.361 e. The summed E-state index contributed by atoms with van der Waals surface area (Å²) in [5.41, 5.74) is 3.43. The lowest BCUT2D eigenvalue weighted by atomic mass is 9.88. The van der Waals surface area contributed by atoms with Gasteiger partial charge in [-0.05, 0) is 31.0 Å². The molecule has 0 bridgehead atoms. The van der Waals surface area contributed by atoms with Crippen LogP contribution in [0.1, 0.15) is 55.1 Å². The summed E-state index contributed by atoms with van der Waals surface area (Å²) in [7, 11) is 0. The van der Waals surface area contributed by atoms with Gasteiger partial charge in [0.05, 0.1) is 0 Å². The number of amides is 2. The first-order valence-electron chi connectivity index (χ1n) is 8.37. The molecule has 1 aromatic carbocycles. The summed E-state index contributed by atoms with van der Waals surface area (Å²) in [6.07, 6.45) is 0.835. The van der Waals surface area contributed by atoms with Crippen LogP contribution < -0.4 is 10.2 Å². The van der Waals surface area contributed by atoms with E-state index in [1.807, 2.05) is 39.0 Å². The van der Waals surface area contributed by atoms with Crippen molar-refractivity contribution in [3.05, 3.63) is 40.8 Å². The second kappa shape index (κ2) is 6.02. The lowest BCUT2D eigenvalue weighted by Gasteiger charge is -2.17. The molecule has 2 aromatic rings. The Morgan fingerprint density at radius 1 is 1.28 bits per heavy atom. The molecule has 6 nitrogen and oxygen atoms in total. The zero-order valence-electron chi connectivity index (χ0n) is 15.3. The van der Waals surface area contributed by atoms with Gasteiger partial charge in [-0.25, -0.2) is 0 Å². The van der Waals surface area contributed by atoms with Gasteiger partial charge in [0, 0.05) is 30.3 Å². The predicted molar refractivity (Wildman–Crippen MR) is 96.1 cm³/mol. The molecule has 0 fully saturated rings. The van der Waals surface area contributed by atoms with Crippen LogP contribution >= 0.6 is 0 Å². The molecule has 0 saturated carbocycles. The Bertz CT molecular complexity index is 846. The molecule has 25 heavy (non-hydrogen) atoms. The third kappa shape index (κ3) is 3.16. The summed E-state index contributed by atoms with van der Waals surface area (Å²) in [6, 6.07) is 5.67. The first-order valence-corrected chi connectivity index (χ1v) is 8.37. The van der Waals surface area contributed by atoms with Crippen LogP contribution in [-0.2, 0) is 16.6 Å². The highest BCUT2D eigenvalue weighted by molar-refractivity contribution is 6.06. The first-order chi connectivity index (χ1) is 11.7. The lowest BCUT2D eigenvalue weighted by molar-refractivity contribution is -0.116. The molecule has 1 aromatic heterocycles. The molecule has 1 aliphatic rings. The zero-order chi connectivity index (χ0) is 18.4. The number of rotatable bonds is 2. The van der Waals surface area contributed by atoms with Gasteiger partial charge >= 0.3 is 0 Å². The third-order valence-electron chi connectivity index (χ3n) is 4.42. The molecule has 0 atom stereocenters. The molecule has 0 radical (unpaired) electrons. The van der Waals surface area contributed by atoms with Crippen LogP contribution in [0.4, 0.5) is 11.4 Å². The number of aryl methyl sites for hydroxylation is 1. The van der Waals surface area contributed by atoms with Crippen molar-refractivity contribution in [3.8, 4) is 0 Å². The molecule has 3 rings (SSSR count). The van der Waals surface area contributed by atoms with E-state index in [9.17, 15) is 9.59 Å². The fourth-order valence-electron chi connectivity index (χ4n) is 3.13. The van der Waals surface area contributed by atoms with Crippen molar-refractivity contribution in [3.63, 3.8) is 0 Å². The normalized spacial score (nSPS) is 13.7.